The minimum absolute atomic E-state index is 0.0629. The van der Waals surface area contributed by atoms with E-state index >= 15 is 0 Å². The van der Waals surface area contributed by atoms with E-state index in [0.29, 0.717) is 6.54 Å². The first-order valence-corrected chi connectivity index (χ1v) is 6.49. The van der Waals surface area contributed by atoms with Gasteiger partial charge in [-0.05, 0) is 41.8 Å². The van der Waals surface area contributed by atoms with Crippen LogP contribution < -0.4 is 11.1 Å². The van der Waals surface area contributed by atoms with Crippen molar-refractivity contribution in [1.82, 2.24) is 5.32 Å². The third kappa shape index (κ3) is 4.39. The lowest BCUT2D eigenvalue weighted by atomic mass is 10.1. The van der Waals surface area contributed by atoms with E-state index in [-0.39, 0.29) is 18.1 Å². The van der Waals surface area contributed by atoms with Crippen molar-refractivity contribution in [1.29, 1.82) is 0 Å². The monoisotopic (exact) mass is 272 g/mol. The van der Waals surface area contributed by atoms with Crippen LogP contribution >= 0.6 is 0 Å². The van der Waals surface area contributed by atoms with Crippen molar-refractivity contribution in [2.45, 2.75) is 12.8 Å². The summed E-state index contributed by atoms with van der Waals surface area (Å²) in [7, 11) is 0. The van der Waals surface area contributed by atoms with Gasteiger partial charge in [-0.15, -0.1) is 0 Å². The Kier molecular flexibility index (Phi) is 4.71. The number of nitrogen functional groups attached to an aromatic ring is 1. The van der Waals surface area contributed by atoms with Crippen LogP contribution in [-0.2, 0) is 17.6 Å². The highest BCUT2D eigenvalue weighted by Gasteiger charge is 2.03. The number of rotatable bonds is 5. The van der Waals surface area contributed by atoms with Gasteiger partial charge >= 0.3 is 0 Å². The molecule has 0 aromatic heterocycles. The summed E-state index contributed by atoms with van der Waals surface area (Å²) < 4.78 is 12.7. The predicted octanol–water partition coefficient (Wildman–Crippen LogP) is 2.31. The average molecular weight is 272 g/mol. The fraction of sp³-hybridized carbons (Fsp3) is 0.188. The van der Waals surface area contributed by atoms with E-state index in [1.165, 1.54) is 12.1 Å². The first-order valence-electron chi connectivity index (χ1n) is 6.49. The lowest BCUT2D eigenvalue weighted by Gasteiger charge is -2.06. The highest BCUT2D eigenvalue weighted by Crippen LogP contribution is 2.06. The van der Waals surface area contributed by atoms with Crippen LogP contribution in [0.5, 0.6) is 0 Å². The Morgan fingerprint density at radius 3 is 2.25 bits per heavy atom. The molecule has 4 heteroatoms. The van der Waals surface area contributed by atoms with E-state index in [1.54, 1.807) is 12.1 Å². The lowest BCUT2D eigenvalue weighted by molar-refractivity contribution is -0.120. The minimum atomic E-state index is -0.294. The van der Waals surface area contributed by atoms with Gasteiger partial charge in [-0.3, -0.25) is 4.79 Å². The summed E-state index contributed by atoms with van der Waals surface area (Å²) in [5.74, 6) is -0.357. The molecular weight excluding hydrogens is 255 g/mol. The Morgan fingerprint density at radius 2 is 1.60 bits per heavy atom. The van der Waals surface area contributed by atoms with Crippen molar-refractivity contribution in [3.05, 3.63) is 65.5 Å². The molecule has 104 valence electrons. The van der Waals surface area contributed by atoms with Gasteiger partial charge in [0.25, 0.3) is 0 Å². The Bertz CT molecular complexity index is 564. The second-order valence-electron chi connectivity index (χ2n) is 4.64. The summed E-state index contributed by atoms with van der Waals surface area (Å²) in [6.07, 6.45) is 1.03. The standard InChI is InChI=1S/C16H17FN2O/c17-14-5-1-13(2-6-14)11-16(20)19-10-9-12-3-7-15(18)8-4-12/h1-8H,9-11,18H2,(H,19,20). The van der Waals surface area contributed by atoms with Gasteiger partial charge in [0, 0.05) is 12.2 Å². The fourth-order valence-corrected chi connectivity index (χ4v) is 1.88. The quantitative estimate of drug-likeness (QED) is 0.821. The molecule has 20 heavy (non-hydrogen) atoms. The summed E-state index contributed by atoms with van der Waals surface area (Å²) in [6.45, 7) is 0.573. The highest BCUT2D eigenvalue weighted by atomic mass is 19.1. The second-order valence-corrected chi connectivity index (χ2v) is 4.64. The van der Waals surface area contributed by atoms with Crippen molar-refractivity contribution < 1.29 is 9.18 Å². The molecule has 0 bridgehead atoms. The van der Waals surface area contributed by atoms with Crippen LogP contribution in [0.15, 0.2) is 48.5 Å². The summed E-state index contributed by atoms with van der Waals surface area (Å²) in [5.41, 5.74) is 8.26. The number of halogens is 1. The first kappa shape index (κ1) is 14.1. The zero-order chi connectivity index (χ0) is 14.4. The molecule has 1 amide bonds. The van der Waals surface area contributed by atoms with E-state index in [9.17, 15) is 9.18 Å². The smallest absolute Gasteiger partial charge is 0.224 e. The molecule has 0 fully saturated rings. The number of hydrogen-bond acceptors (Lipinski definition) is 2. The van der Waals surface area contributed by atoms with Crippen LogP contribution in [0.25, 0.3) is 0 Å². The molecule has 0 aliphatic carbocycles. The number of carbonyl (C=O) groups excluding carboxylic acids is 1. The number of hydrogen-bond donors (Lipinski definition) is 2. The van der Waals surface area contributed by atoms with Gasteiger partial charge in [0.1, 0.15) is 5.82 Å². The zero-order valence-corrected chi connectivity index (χ0v) is 11.1. The van der Waals surface area contributed by atoms with Gasteiger partial charge in [0.05, 0.1) is 6.42 Å². The first-order chi connectivity index (χ1) is 9.63. The summed E-state index contributed by atoms with van der Waals surface area (Å²) in [6, 6.07) is 13.5. The van der Waals surface area contributed by atoms with Crippen LogP contribution in [0, 0.1) is 5.82 Å². The molecule has 0 saturated carbocycles. The molecule has 0 atom stereocenters. The van der Waals surface area contributed by atoms with Crippen LogP contribution in [0.1, 0.15) is 11.1 Å². The van der Waals surface area contributed by atoms with Gasteiger partial charge in [-0.25, -0.2) is 4.39 Å². The van der Waals surface area contributed by atoms with E-state index < -0.39 is 0 Å². The third-order valence-electron chi connectivity index (χ3n) is 2.99. The third-order valence-corrected chi connectivity index (χ3v) is 2.99. The Hall–Kier alpha value is -2.36. The van der Waals surface area contributed by atoms with Crippen LogP contribution in [0.4, 0.5) is 10.1 Å². The SMILES string of the molecule is Nc1ccc(CCNC(=O)Cc2ccc(F)cc2)cc1. The number of benzene rings is 2. The number of anilines is 1. The fourth-order valence-electron chi connectivity index (χ4n) is 1.88. The Balaban J connectivity index is 1.75. The minimum Gasteiger partial charge on any atom is -0.399 e. The van der Waals surface area contributed by atoms with Crippen molar-refractivity contribution in [2.75, 3.05) is 12.3 Å². The number of nitrogens with one attached hydrogen (secondary N) is 1. The average Bonchev–Trinajstić information content (AvgIpc) is 2.44. The van der Waals surface area contributed by atoms with Crippen molar-refractivity contribution in [3.8, 4) is 0 Å². The molecule has 0 aliphatic rings. The highest BCUT2D eigenvalue weighted by molar-refractivity contribution is 5.78. The van der Waals surface area contributed by atoms with Crippen LogP contribution in [0.3, 0.4) is 0 Å². The van der Waals surface area contributed by atoms with Gasteiger partial charge in [0.2, 0.25) is 5.91 Å². The van der Waals surface area contributed by atoms with Gasteiger partial charge < -0.3 is 11.1 Å². The summed E-state index contributed by atoms with van der Waals surface area (Å²) in [5, 5.41) is 2.84. The molecule has 3 nitrogen and oxygen atoms in total. The number of nitrogens with two attached hydrogens (primary N) is 1. The molecule has 3 N–H and O–H groups in total. The predicted molar refractivity (Wildman–Crippen MR) is 77.7 cm³/mol. The lowest BCUT2D eigenvalue weighted by Crippen LogP contribution is -2.27. The maximum Gasteiger partial charge on any atom is 0.224 e. The summed E-state index contributed by atoms with van der Waals surface area (Å²) >= 11 is 0. The van der Waals surface area contributed by atoms with Gasteiger partial charge in [-0.2, -0.15) is 0 Å². The number of carbonyl (C=O) groups is 1. The Labute approximate surface area is 117 Å². The normalized spacial score (nSPS) is 10.2. The van der Waals surface area contributed by atoms with E-state index in [0.717, 1.165) is 23.2 Å². The molecule has 0 saturated heterocycles. The maximum absolute atomic E-state index is 12.7. The summed E-state index contributed by atoms with van der Waals surface area (Å²) in [4.78, 5) is 11.7. The van der Waals surface area contributed by atoms with Crippen molar-refractivity contribution >= 4 is 11.6 Å². The molecule has 2 aromatic carbocycles. The zero-order valence-electron chi connectivity index (χ0n) is 11.1. The van der Waals surface area contributed by atoms with Gasteiger partial charge in [0.15, 0.2) is 0 Å². The molecular formula is C16H17FN2O. The molecule has 0 unspecified atom stereocenters. The van der Waals surface area contributed by atoms with Gasteiger partial charge in [-0.1, -0.05) is 24.3 Å². The Morgan fingerprint density at radius 1 is 1.00 bits per heavy atom. The molecule has 0 radical (unpaired) electrons. The molecule has 0 aliphatic heterocycles. The number of amides is 1. The maximum atomic E-state index is 12.7. The van der Waals surface area contributed by atoms with Crippen molar-refractivity contribution in [3.63, 3.8) is 0 Å². The van der Waals surface area contributed by atoms with E-state index in [4.69, 9.17) is 5.73 Å². The van der Waals surface area contributed by atoms with Crippen LogP contribution in [-0.4, -0.2) is 12.5 Å². The van der Waals surface area contributed by atoms with Crippen LogP contribution in [0.2, 0.25) is 0 Å². The largest absolute Gasteiger partial charge is 0.399 e. The van der Waals surface area contributed by atoms with E-state index in [2.05, 4.69) is 5.32 Å². The molecule has 0 heterocycles. The molecule has 0 spiro atoms. The molecule has 2 rings (SSSR count). The van der Waals surface area contributed by atoms with Crippen molar-refractivity contribution in [2.24, 2.45) is 0 Å². The second kappa shape index (κ2) is 6.70. The van der Waals surface area contributed by atoms with E-state index in [1.807, 2.05) is 24.3 Å². The topological polar surface area (TPSA) is 55.1 Å². The molecule has 2 aromatic rings.